The number of nitrogens with zero attached hydrogens (tertiary/aromatic N) is 1. The molecule has 1 atom stereocenters. The van der Waals surface area contributed by atoms with E-state index in [0.717, 1.165) is 19.5 Å². The standard InChI is InChI=1S/C16H22N2/c1-13(10-11-17)18(2)12-15-8-5-7-14-6-3-4-9-16(14)15/h3-9,13H,10-12,17H2,1-2H3. The third-order valence-corrected chi connectivity index (χ3v) is 3.64. The van der Waals surface area contributed by atoms with Crippen LogP contribution in [0.2, 0.25) is 0 Å². The smallest absolute Gasteiger partial charge is 0.0239 e. The number of hydrogen-bond acceptors (Lipinski definition) is 2. The Morgan fingerprint density at radius 3 is 2.61 bits per heavy atom. The van der Waals surface area contributed by atoms with Crippen molar-refractivity contribution in [2.75, 3.05) is 13.6 Å². The minimum Gasteiger partial charge on any atom is -0.330 e. The van der Waals surface area contributed by atoms with E-state index in [0.29, 0.717) is 6.04 Å². The monoisotopic (exact) mass is 242 g/mol. The van der Waals surface area contributed by atoms with Crippen molar-refractivity contribution in [1.29, 1.82) is 0 Å². The first-order valence-corrected chi connectivity index (χ1v) is 6.59. The van der Waals surface area contributed by atoms with Gasteiger partial charge in [-0.15, -0.1) is 0 Å². The molecule has 0 saturated heterocycles. The van der Waals surface area contributed by atoms with Gasteiger partial charge in [-0.3, -0.25) is 4.90 Å². The lowest BCUT2D eigenvalue weighted by Crippen LogP contribution is -2.30. The van der Waals surface area contributed by atoms with Crippen molar-refractivity contribution in [3.05, 3.63) is 48.0 Å². The molecular weight excluding hydrogens is 220 g/mol. The maximum Gasteiger partial charge on any atom is 0.0239 e. The Balaban J connectivity index is 2.21. The summed E-state index contributed by atoms with van der Waals surface area (Å²) < 4.78 is 0. The topological polar surface area (TPSA) is 29.3 Å². The summed E-state index contributed by atoms with van der Waals surface area (Å²) in [4.78, 5) is 2.37. The quantitative estimate of drug-likeness (QED) is 0.873. The Bertz CT molecular complexity index is 502. The van der Waals surface area contributed by atoms with Crippen molar-refractivity contribution in [2.24, 2.45) is 5.73 Å². The van der Waals surface area contributed by atoms with Crippen LogP contribution in [-0.4, -0.2) is 24.5 Å². The lowest BCUT2D eigenvalue weighted by molar-refractivity contribution is 0.241. The highest BCUT2D eigenvalue weighted by Crippen LogP contribution is 2.20. The van der Waals surface area contributed by atoms with Crippen molar-refractivity contribution in [3.8, 4) is 0 Å². The molecule has 0 aliphatic carbocycles. The second-order valence-corrected chi connectivity index (χ2v) is 4.98. The third kappa shape index (κ3) is 2.89. The zero-order valence-corrected chi connectivity index (χ0v) is 11.3. The van der Waals surface area contributed by atoms with E-state index < -0.39 is 0 Å². The van der Waals surface area contributed by atoms with E-state index in [4.69, 9.17) is 5.73 Å². The van der Waals surface area contributed by atoms with Gasteiger partial charge in [0.05, 0.1) is 0 Å². The van der Waals surface area contributed by atoms with Gasteiger partial charge in [0, 0.05) is 12.6 Å². The second kappa shape index (κ2) is 5.98. The molecule has 0 amide bonds. The summed E-state index contributed by atoms with van der Waals surface area (Å²) in [6.07, 6.45) is 1.04. The summed E-state index contributed by atoms with van der Waals surface area (Å²) in [5.74, 6) is 0. The maximum atomic E-state index is 5.62. The lowest BCUT2D eigenvalue weighted by Gasteiger charge is -2.24. The molecule has 18 heavy (non-hydrogen) atoms. The highest BCUT2D eigenvalue weighted by molar-refractivity contribution is 5.85. The average Bonchev–Trinajstić information content (AvgIpc) is 2.39. The first-order chi connectivity index (χ1) is 8.72. The molecule has 0 heterocycles. The number of rotatable bonds is 5. The van der Waals surface area contributed by atoms with Gasteiger partial charge >= 0.3 is 0 Å². The third-order valence-electron chi connectivity index (χ3n) is 3.64. The van der Waals surface area contributed by atoms with Crippen LogP contribution in [0.15, 0.2) is 42.5 Å². The first kappa shape index (κ1) is 13.1. The largest absolute Gasteiger partial charge is 0.330 e. The van der Waals surface area contributed by atoms with Gasteiger partial charge < -0.3 is 5.73 Å². The molecule has 2 aromatic carbocycles. The lowest BCUT2D eigenvalue weighted by atomic mass is 10.0. The second-order valence-electron chi connectivity index (χ2n) is 4.98. The highest BCUT2D eigenvalue weighted by Gasteiger charge is 2.10. The van der Waals surface area contributed by atoms with Gasteiger partial charge in [-0.25, -0.2) is 0 Å². The molecule has 2 nitrogen and oxygen atoms in total. The van der Waals surface area contributed by atoms with Crippen molar-refractivity contribution >= 4 is 10.8 Å². The number of benzene rings is 2. The first-order valence-electron chi connectivity index (χ1n) is 6.59. The number of fused-ring (bicyclic) bond motifs is 1. The molecule has 0 saturated carbocycles. The van der Waals surface area contributed by atoms with E-state index in [-0.39, 0.29) is 0 Å². The van der Waals surface area contributed by atoms with E-state index in [1.165, 1.54) is 16.3 Å². The van der Waals surface area contributed by atoms with E-state index in [2.05, 4.69) is 61.3 Å². The van der Waals surface area contributed by atoms with Gasteiger partial charge in [0.1, 0.15) is 0 Å². The Morgan fingerprint density at radius 1 is 1.11 bits per heavy atom. The van der Waals surface area contributed by atoms with Crippen LogP contribution in [0.3, 0.4) is 0 Å². The summed E-state index contributed by atoms with van der Waals surface area (Å²) in [7, 11) is 2.17. The van der Waals surface area contributed by atoms with Crippen LogP contribution < -0.4 is 5.73 Å². The summed E-state index contributed by atoms with van der Waals surface area (Å²) in [6.45, 7) is 3.96. The Morgan fingerprint density at radius 2 is 1.83 bits per heavy atom. The number of nitrogens with two attached hydrogens (primary N) is 1. The molecule has 2 aromatic rings. The summed E-state index contributed by atoms with van der Waals surface area (Å²) in [5, 5.41) is 2.67. The van der Waals surface area contributed by atoms with E-state index >= 15 is 0 Å². The van der Waals surface area contributed by atoms with Gasteiger partial charge in [0.2, 0.25) is 0 Å². The zero-order chi connectivity index (χ0) is 13.0. The molecule has 0 radical (unpaired) electrons. The molecule has 0 aliphatic rings. The average molecular weight is 242 g/mol. The van der Waals surface area contributed by atoms with Gasteiger partial charge in [0.25, 0.3) is 0 Å². The Labute approximate surface area is 109 Å². The molecule has 2 rings (SSSR count). The van der Waals surface area contributed by atoms with Crippen LogP contribution in [0.1, 0.15) is 18.9 Å². The fourth-order valence-corrected chi connectivity index (χ4v) is 2.32. The summed E-state index contributed by atoms with van der Waals surface area (Å²) >= 11 is 0. The van der Waals surface area contributed by atoms with E-state index in [1.807, 2.05) is 0 Å². The van der Waals surface area contributed by atoms with Gasteiger partial charge in [-0.05, 0) is 43.3 Å². The molecule has 2 N–H and O–H groups in total. The molecule has 1 unspecified atom stereocenters. The minimum atomic E-state index is 0.522. The maximum absolute atomic E-state index is 5.62. The Hall–Kier alpha value is -1.38. The fourth-order valence-electron chi connectivity index (χ4n) is 2.32. The molecule has 0 spiro atoms. The summed E-state index contributed by atoms with van der Waals surface area (Å²) in [6, 6.07) is 15.6. The van der Waals surface area contributed by atoms with Gasteiger partial charge in [-0.2, -0.15) is 0 Å². The van der Waals surface area contributed by atoms with Crippen molar-refractivity contribution < 1.29 is 0 Å². The van der Waals surface area contributed by atoms with Gasteiger partial charge in [-0.1, -0.05) is 42.5 Å². The Kier molecular flexibility index (Phi) is 4.34. The van der Waals surface area contributed by atoms with Crippen molar-refractivity contribution in [3.63, 3.8) is 0 Å². The minimum absolute atomic E-state index is 0.522. The molecule has 0 aromatic heterocycles. The van der Waals surface area contributed by atoms with Crippen LogP contribution in [-0.2, 0) is 6.54 Å². The van der Waals surface area contributed by atoms with Crippen LogP contribution >= 0.6 is 0 Å². The molecule has 96 valence electrons. The molecular formula is C16H22N2. The number of hydrogen-bond donors (Lipinski definition) is 1. The van der Waals surface area contributed by atoms with Crippen molar-refractivity contribution in [2.45, 2.75) is 25.9 Å². The fraction of sp³-hybridized carbons (Fsp3) is 0.375. The molecule has 0 aliphatic heterocycles. The van der Waals surface area contributed by atoms with Crippen LogP contribution in [0.25, 0.3) is 10.8 Å². The molecule has 0 bridgehead atoms. The predicted molar refractivity (Wildman–Crippen MR) is 78.5 cm³/mol. The summed E-state index contributed by atoms with van der Waals surface area (Å²) in [5.41, 5.74) is 7.01. The molecule has 2 heteroatoms. The van der Waals surface area contributed by atoms with Gasteiger partial charge in [0.15, 0.2) is 0 Å². The highest BCUT2D eigenvalue weighted by atomic mass is 15.1. The van der Waals surface area contributed by atoms with Crippen molar-refractivity contribution in [1.82, 2.24) is 4.90 Å². The van der Waals surface area contributed by atoms with Crippen LogP contribution in [0, 0.1) is 0 Å². The SMILES string of the molecule is CC(CCN)N(C)Cc1cccc2ccccc12. The molecule has 0 fully saturated rings. The van der Waals surface area contributed by atoms with E-state index in [9.17, 15) is 0 Å². The predicted octanol–water partition coefficient (Wildman–Crippen LogP) is 3.01. The normalized spacial score (nSPS) is 13.1. The van der Waals surface area contributed by atoms with Crippen LogP contribution in [0.5, 0.6) is 0 Å². The zero-order valence-electron chi connectivity index (χ0n) is 11.3. The van der Waals surface area contributed by atoms with E-state index in [1.54, 1.807) is 0 Å². The van der Waals surface area contributed by atoms with Crippen LogP contribution in [0.4, 0.5) is 0 Å².